The Balaban J connectivity index is 0.000000223. The minimum absolute atomic E-state index is 0.0512. The Bertz CT molecular complexity index is 3700. The first-order chi connectivity index (χ1) is 43.9. The highest BCUT2D eigenvalue weighted by Crippen LogP contribution is 2.29. The van der Waals surface area contributed by atoms with Crippen molar-refractivity contribution in [3.8, 4) is 0 Å². The summed E-state index contributed by atoms with van der Waals surface area (Å²) in [5, 5.41) is 0. The largest absolute Gasteiger partial charge is 0.493 e. The molecule has 0 spiro atoms. The number of ether oxygens (including phenoxy) is 7. The molecule has 8 rings (SSSR count). The molecule has 0 atom stereocenters. The van der Waals surface area contributed by atoms with Crippen LogP contribution in [0.3, 0.4) is 0 Å². The number of carbonyl (C=O) groups is 8. The molecule has 8 aliphatic rings. The third-order valence-corrected chi connectivity index (χ3v) is 14.8. The molecular formula is C77H82O15. The first-order valence-corrected chi connectivity index (χ1v) is 30.0. The van der Waals surface area contributed by atoms with Gasteiger partial charge >= 0.3 is 0 Å². The van der Waals surface area contributed by atoms with Gasteiger partial charge in [0.05, 0.1) is 49.8 Å². The summed E-state index contributed by atoms with van der Waals surface area (Å²) in [4.78, 5) is 95.4. The predicted octanol–water partition coefficient (Wildman–Crippen LogP) is 14.2. The van der Waals surface area contributed by atoms with Crippen molar-refractivity contribution < 1.29 is 71.5 Å². The van der Waals surface area contributed by atoms with E-state index in [1.54, 1.807) is 75.5 Å². The van der Waals surface area contributed by atoms with Crippen LogP contribution >= 0.6 is 0 Å². The first kappa shape index (κ1) is 72.5. The fourth-order valence-electron chi connectivity index (χ4n) is 9.90. The molecule has 480 valence electrons. The summed E-state index contributed by atoms with van der Waals surface area (Å²) in [6.45, 7) is 16.8. The zero-order valence-corrected chi connectivity index (χ0v) is 55.5. The molecule has 0 aliphatic heterocycles. The van der Waals surface area contributed by atoms with Crippen molar-refractivity contribution in [3.63, 3.8) is 0 Å². The predicted molar refractivity (Wildman–Crippen MR) is 357 cm³/mol. The Morgan fingerprint density at radius 2 is 0.435 bits per heavy atom. The number of carbonyl (C=O) groups excluding carboxylic acids is 8. The van der Waals surface area contributed by atoms with Crippen LogP contribution in [0.1, 0.15) is 94.4 Å². The van der Waals surface area contributed by atoms with E-state index < -0.39 is 0 Å². The van der Waals surface area contributed by atoms with E-state index in [-0.39, 0.29) is 57.8 Å². The summed E-state index contributed by atoms with van der Waals surface area (Å²) in [6, 6.07) is 0. The highest BCUT2D eigenvalue weighted by molar-refractivity contribution is 6.13. The van der Waals surface area contributed by atoms with Crippen molar-refractivity contribution in [2.75, 3.05) is 49.8 Å². The maximum atomic E-state index is 12.2. The lowest BCUT2D eigenvalue weighted by atomic mass is 9.91. The molecule has 0 aromatic rings. The Kier molecular flexibility index (Phi) is 27.3. The molecule has 0 radical (unpaired) electrons. The van der Waals surface area contributed by atoms with Gasteiger partial charge in [-0.1, -0.05) is 82.2 Å². The van der Waals surface area contributed by atoms with Crippen molar-refractivity contribution in [3.05, 3.63) is 281 Å². The number of methoxy groups -OCH3 is 7. The van der Waals surface area contributed by atoms with E-state index in [0.29, 0.717) is 63.9 Å². The molecule has 15 nitrogen and oxygen atoms in total. The second-order valence-corrected chi connectivity index (χ2v) is 21.8. The number of hydrogen-bond donors (Lipinski definition) is 0. The highest BCUT2D eigenvalue weighted by Gasteiger charge is 2.25. The SMILES string of the molecule is CCC1=C/C(=C/C=C2/C=C(C)C(=O)C(OC)=C2)C=C(OC)C1=O.CCCC1=C/C(=C/C=C2/C=C(C)C(=O)C(OC)=C2)C=C(OC)C1=O.CCCC1=C/C(=C/C=C2C=C(C)C(=O)C(C)=C2)C=C(C)C1=O.COC1=C/C(=C\C=C2C=C(OC)C(=O)C(OC)=C2)C=C(C)C1=O. The van der Waals surface area contributed by atoms with E-state index in [1.807, 2.05) is 126 Å². The van der Waals surface area contributed by atoms with Gasteiger partial charge in [-0.3, -0.25) is 38.4 Å². The zero-order chi connectivity index (χ0) is 67.9. The van der Waals surface area contributed by atoms with Crippen LogP contribution in [-0.2, 0) is 71.5 Å². The third-order valence-electron chi connectivity index (χ3n) is 14.8. The van der Waals surface area contributed by atoms with E-state index in [1.165, 1.54) is 49.8 Å². The highest BCUT2D eigenvalue weighted by atomic mass is 16.5. The number of rotatable bonds is 16. The van der Waals surface area contributed by atoms with Crippen molar-refractivity contribution in [1.29, 1.82) is 0 Å². The Labute approximate surface area is 540 Å². The Morgan fingerprint density at radius 1 is 0.239 bits per heavy atom. The van der Waals surface area contributed by atoms with Gasteiger partial charge in [0, 0.05) is 33.4 Å². The second-order valence-electron chi connectivity index (χ2n) is 21.8. The van der Waals surface area contributed by atoms with Crippen molar-refractivity contribution >= 4 is 46.3 Å². The lowest BCUT2D eigenvalue weighted by Gasteiger charge is -2.14. The topological polar surface area (TPSA) is 201 Å². The molecule has 0 aromatic heterocycles. The molecule has 0 heterocycles. The van der Waals surface area contributed by atoms with Crippen LogP contribution in [0, 0.1) is 0 Å². The van der Waals surface area contributed by atoms with Crippen LogP contribution in [0.25, 0.3) is 0 Å². The molecule has 0 amide bonds. The molecular weight excluding hydrogens is 1160 g/mol. The summed E-state index contributed by atoms with van der Waals surface area (Å²) < 4.78 is 35.8. The number of Topliss-reactive ketones (excluding diaryl/α,β-unsaturated/α-hetero) is 8. The molecule has 92 heavy (non-hydrogen) atoms. The fourth-order valence-corrected chi connectivity index (χ4v) is 9.90. The number of allylic oxidation sites excluding steroid dienone is 41. The lowest BCUT2D eigenvalue weighted by molar-refractivity contribution is -0.118. The Hall–Kier alpha value is -10.3. The van der Waals surface area contributed by atoms with E-state index in [9.17, 15) is 38.4 Å². The Morgan fingerprint density at radius 3 is 0.717 bits per heavy atom. The molecule has 15 heteroatoms. The van der Waals surface area contributed by atoms with E-state index in [0.717, 1.165) is 91.7 Å². The van der Waals surface area contributed by atoms with Gasteiger partial charge < -0.3 is 33.2 Å². The maximum absolute atomic E-state index is 12.2. The average molecular weight is 1250 g/mol. The van der Waals surface area contributed by atoms with E-state index in [2.05, 4.69) is 6.92 Å². The number of ketones is 8. The van der Waals surface area contributed by atoms with Crippen molar-refractivity contribution in [2.24, 2.45) is 0 Å². The minimum atomic E-state index is -0.291. The van der Waals surface area contributed by atoms with Gasteiger partial charge in [0.25, 0.3) is 5.78 Å². The maximum Gasteiger partial charge on any atom is 0.261 e. The van der Waals surface area contributed by atoms with Gasteiger partial charge in [-0.15, -0.1) is 0 Å². The third kappa shape index (κ3) is 19.4. The van der Waals surface area contributed by atoms with E-state index >= 15 is 0 Å². The van der Waals surface area contributed by atoms with Crippen LogP contribution in [0.5, 0.6) is 0 Å². The molecule has 0 N–H and O–H groups in total. The van der Waals surface area contributed by atoms with Crippen LogP contribution in [0.15, 0.2) is 281 Å². The molecule has 0 unspecified atom stereocenters. The molecule has 8 aliphatic carbocycles. The molecule has 0 saturated heterocycles. The quantitative estimate of drug-likeness (QED) is 0.141. The van der Waals surface area contributed by atoms with Crippen molar-refractivity contribution in [1.82, 2.24) is 0 Å². The van der Waals surface area contributed by atoms with Gasteiger partial charge in [0.1, 0.15) is 0 Å². The molecule has 0 aromatic carbocycles. The van der Waals surface area contributed by atoms with Gasteiger partial charge in [-0.05, 0) is 219 Å². The summed E-state index contributed by atoms with van der Waals surface area (Å²) in [6.07, 6.45) is 47.8. The average Bonchev–Trinajstić information content (AvgIpc) is 1.27. The molecule has 0 fully saturated rings. The van der Waals surface area contributed by atoms with Crippen LogP contribution in [0.4, 0.5) is 0 Å². The first-order valence-electron chi connectivity index (χ1n) is 30.0. The standard InChI is InChI=1S/C20H22O4.C20H22O2.C19H20O4.C18H18O5/c1-5-6-16-10-15(12-18(24-4)20(16)22)8-7-14-9-13(2)19(21)17(11-14)23-3;1-5-6-18-12-17(11-15(4)20(18)22)8-7-16-9-13(2)19(21)14(3)10-16;1-5-15-9-14(11-17(23-4)19(15)21)7-6-13-8-12(2)18(20)16(10-13)22-3;1-11-7-12(8-14(21-2)17(11)19)5-6-13-9-15(22-3)18(20)16(10-13)23-4/h7-12H,5-6H2,1-4H3;7-12H,5-6H2,1-4H3;6-11H,5H2,1-4H3;5-10H,1-4H3/b14-7-,15-8-;17-8+;13-6-,14-7-;12-5-. The molecule has 0 saturated carbocycles. The second kappa shape index (κ2) is 34.6. The van der Waals surface area contributed by atoms with Crippen LogP contribution in [0.2, 0.25) is 0 Å². The lowest BCUT2D eigenvalue weighted by Crippen LogP contribution is -2.13. The fraction of sp³-hybridized carbons (Fsp3) is 0.273. The van der Waals surface area contributed by atoms with Crippen LogP contribution in [-0.4, -0.2) is 96.0 Å². The normalized spacial score (nSPS) is 20.8. The van der Waals surface area contributed by atoms with Gasteiger partial charge in [-0.25, -0.2) is 0 Å². The summed E-state index contributed by atoms with van der Waals surface area (Å²) in [5.74, 6) is 1.60. The summed E-state index contributed by atoms with van der Waals surface area (Å²) in [7, 11) is 10.3. The van der Waals surface area contributed by atoms with Crippen molar-refractivity contribution in [2.45, 2.75) is 94.4 Å². The summed E-state index contributed by atoms with van der Waals surface area (Å²) >= 11 is 0. The zero-order valence-electron chi connectivity index (χ0n) is 55.5. The summed E-state index contributed by atoms with van der Waals surface area (Å²) in [5.41, 5.74) is 13.6. The van der Waals surface area contributed by atoms with E-state index in [4.69, 9.17) is 33.2 Å². The van der Waals surface area contributed by atoms with Gasteiger partial charge in [0.15, 0.2) is 51.9 Å². The minimum Gasteiger partial charge on any atom is -0.493 e. The molecule has 0 bridgehead atoms. The number of hydrogen-bond acceptors (Lipinski definition) is 15. The van der Waals surface area contributed by atoms with Crippen LogP contribution < -0.4 is 0 Å². The smallest absolute Gasteiger partial charge is 0.261 e. The monoisotopic (exact) mass is 1250 g/mol. The van der Waals surface area contributed by atoms with Gasteiger partial charge in [-0.2, -0.15) is 0 Å². The van der Waals surface area contributed by atoms with Gasteiger partial charge in [0.2, 0.25) is 28.9 Å².